The van der Waals surface area contributed by atoms with Crippen molar-refractivity contribution < 1.29 is 0 Å². The first-order chi connectivity index (χ1) is 10.2. The van der Waals surface area contributed by atoms with Crippen LogP contribution in [0.15, 0.2) is 34.9 Å². The van der Waals surface area contributed by atoms with Crippen LogP contribution in [0.3, 0.4) is 0 Å². The summed E-state index contributed by atoms with van der Waals surface area (Å²) in [6, 6.07) is 4.28. The Morgan fingerprint density at radius 1 is 1.48 bits per heavy atom. The SMILES string of the molecule is CN=C(NCCc1cnn(C)c1)N(C)CCc1cccs1. The fraction of sp³-hybridized carbons (Fsp3) is 0.467. The van der Waals surface area contributed by atoms with Gasteiger partial charge in [0.1, 0.15) is 0 Å². The zero-order chi connectivity index (χ0) is 15.1. The molecule has 5 nitrogen and oxygen atoms in total. The lowest BCUT2D eigenvalue weighted by Gasteiger charge is -2.21. The molecule has 0 aromatic carbocycles. The Bertz CT molecular complexity index is 558. The molecule has 114 valence electrons. The van der Waals surface area contributed by atoms with Crippen molar-refractivity contribution in [1.29, 1.82) is 0 Å². The minimum absolute atomic E-state index is 0.863. The molecule has 21 heavy (non-hydrogen) atoms. The van der Waals surface area contributed by atoms with Gasteiger partial charge in [0, 0.05) is 45.3 Å². The Labute approximate surface area is 130 Å². The fourth-order valence-electron chi connectivity index (χ4n) is 2.14. The highest BCUT2D eigenvalue weighted by Gasteiger charge is 2.06. The van der Waals surface area contributed by atoms with Crippen LogP contribution in [0, 0.1) is 0 Å². The van der Waals surface area contributed by atoms with E-state index in [-0.39, 0.29) is 0 Å². The lowest BCUT2D eigenvalue weighted by Crippen LogP contribution is -2.40. The second kappa shape index (κ2) is 7.83. The van der Waals surface area contributed by atoms with E-state index in [2.05, 4.69) is 44.9 Å². The summed E-state index contributed by atoms with van der Waals surface area (Å²) >= 11 is 1.81. The molecular formula is C15H23N5S. The molecule has 0 bridgehead atoms. The van der Waals surface area contributed by atoms with Crippen LogP contribution < -0.4 is 5.32 Å². The molecule has 0 spiro atoms. The molecule has 2 rings (SSSR count). The lowest BCUT2D eigenvalue weighted by molar-refractivity contribution is 0.487. The predicted octanol–water partition coefficient (Wildman–Crippen LogP) is 1.77. The van der Waals surface area contributed by atoms with Gasteiger partial charge in [0.15, 0.2) is 5.96 Å². The number of thiophene rings is 1. The molecule has 2 heterocycles. The Morgan fingerprint density at radius 2 is 2.33 bits per heavy atom. The normalized spacial score (nSPS) is 11.7. The second-order valence-corrected chi connectivity index (χ2v) is 6.03. The van der Waals surface area contributed by atoms with Crippen LogP contribution in [0.2, 0.25) is 0 Å². The summed E-state index contributed by atoms with van der Waals surface area (Å²) in [6.07, 6.45) is 5.96. The van der Waals surface area contributed by atoms with Gasteiger partial charge >= 0.3 is 0 Å². The van der Waals surface area contributed by atoms with Crippen LogP contribution >= 0.6 is 11.3 Å². The standard InChI is InChI=1S/C15H23N5S/c1-16-15(17-8-6-13-11-18-20(3)12-13)19(2)9-7-14-5-4-10-21-14/h4-5,10-12H,6-9H2,1-3H3,(H,16,17). The number of aromatic nitrogens is 2. The summed E-state index contributed by atoms with van der Waals surface area (Å²) < 4.78 is 1.83. The average molecular weight is 305 g/mol. The first kappa shape index (κ1) is 15.6. The second-order valence-electron chi connectivity index (χ2n) is 5.00. The van der Waals surface area contributed by atoms with Crippen molar-refractivity contribution >= 4 is 17.3 Å². The number of hydrogen-bond acceptors (Lipinski definition) is 3. The molecule has 0 amide bonds. The highest BCUT2D eigenvalue weighted by molar-refractivity contribution is 7.09. The number of rotatable bonds is 6. The third kappa shape index (κ3) is 4.90. The topological polar surface area (TPSA) is 45.5 Å². The van der Waals surface area contributed by atoms with Crippen molar-refractivity contribution in [3.05, 3.63) is 40.3 Å². The summed E-state index contributed by atoms with van der Waals surface area (Å²) in [4.78, 5) is 7.92. The van der Waals surface area contributed by atoms with Crippen molar-refractivity contribution in [2.24, 2.45) is 12.0 Å². The van der Waals surface area contributed by atoms with Crippen LogP contribution in [0.25, 0.3) is 0 Å². The molecule has 0 atom stereocenters. The molecule has 0 saturated carbocycles. The zero-order valence-electron chi connectivity index (χ0n) is 12.9. The first-order valence-corrected chi connectivity index (χ1v) is 7.98. The third-order valence-corrected chi connectivity index (χ3v) is 4.24. The molecule has 0 fully saturated rings. The van der Waals surface area contributed by atoms with E-state index in [0.717, 1.165) is 31.9 Å². The summed E-state index contributed by atoms with van der Waals surface area (Å²) in [5, 5.41) is 9.70. The maximum absolute atomic E-state index is 4.34. The van der Waals surface area contributed by atoms with Crippen molar-refractivity contribution in [2.45, 2.75) is 12.8 Å². The highest BCUT2D eigenvalue weighted by atomic mass is 32.1. The van der Waals surface area contributed by atoms with E-state index in [1.165, 1.54) is 10.4 Å². The van der Waals surface area contributed by atoms with Crippen LogP contribution in [-0.2, 0) is 19.9 Å². The van der Waals surface area contributed by atoms with Gasteiger partial charge in [-0.25, -0.2) is 0 Å². The minimum Gasteiger partial charge on any atom is -0.356 e. The fourth-order valence-corrected chi connectivity index (χ4v) is 2.84. The van der Waals surface area contributed by atoms with Crippen LogP contribution in [0.5, 0.6) is 0 Å². The number of nitrogens with one attached hydrogen (secondary N) is 1. The Kier molecular flexibility index (Phi) is 5.80. The van der Waals surface area contributed by atoms with Crippen LogP contribution in [0.1, 0.15) is 10.4 Å². The first-order valence-electron chi connectivity index (χ1n) is 7.10. The van der Waals surface area contributed by atoms with Gasteiger partial charge in [0.2, 0.25) is 0 Å². The molecule has 2 aromatic heterocycles. The Hall–Kier alpha value is -1.82. The number of hydrogen-bond donors (Lipinski definition) is 1. The molecule has 0 aliphatic carbocycles. The summed E-state index contributed by atoms with van der Waals surface area (Å²) in [7, 11) is 5.84. The Balaban J connectivity index is 1.74. The van der Waals surface area contributed by atoms with E-state index in [1.54, 1.807) is 11.3 Å². The van der Waals surface area contributed by atoms with Gasteiger partial charge in [-0.2, -0.15) is 5.10 Å². The largest absolute Gasteiger partial charge is 0.356 e. The van der Waals surface area contributed by atoms with Crippen LogP contribution in [0.4, 0.5) is 0 Å². The van der Waals surface area contributed by atoms with Gasteiger partial charge in [-0.15, -0.1) is 11.3 Å². The maximum atomic E-state index is 4.34. The van der Waals surface area contributed by atoms with Gasteiger partial charge in [0.05, 0.1) is 6.20 Å². The van der Waals surface area contributed by atoms with E-state index >= 15 is 0 Å². The zero-order valence-corrected chi connectivity index (χ0v) is 13.7. The van der Waals surface area contributed by atoms with Crippen molar-refractivity contribution in [2.75, 3.05) is 27.2 Å². The smallest absolute Gasteiger partial charge is 0.193 e. The number of guanidine groups is 1. The number of aryl methyl sites for hydroxylation is 1. The predicted molar refractivity (Wildman–Crippen MR) is 88.9 cm³/mol. The molecule has 0 saturated heterocycles. The van der Waals surface area contributed by atoms with E-state index in [4.69, 9.17) is 0 Å². The molecule has 1 N–H and O–H groups in total. The molecule has 0 aliphatic heterocycles. The van der Waals surface area contributed by atoms with E-state index in [1.807, 2.05) is 31.2 Å². The lowest BCUT2D eigenvalue weighted by atomic mass is 10.2. The summed E-state index contributed by atoms with van der Waals surface area (Å²) in [5.41, 5.74) is 1.24. The summed E-state index contributed by atoms with van der Waals surface area (Å²) in [6.45, 7) is 1.83. The van der Waals surface area contributed by atoms with E-state index < -0.39 is 0 Å². The van der Waals surface area contributed by atoms with Crippen LogP contribution in [-0.4, -0.2) is 47.8 Å². The van der Waals surface area contributed by atoms with Crippen molar-refractivity contribution in [1.82, 2.24) is 20.0 Å². The van der Waals surface area contributed by atoms with Gasteiger partial charge < -0.3 is 10.2 Å². The number of likely N-dealkylation sites (N-methyl/N-ethyl adjacent to an activating group) is 1. The molecule has 0 unspecified atom stereocenters. The summed E-state index contributed by atoms with van der Waals surface area (Å²) in [5.74, 6) is 0.940. The van der Waals surface area contributed by atoms with E-state index in [9.17, 15) is 0 Å². The molecule has 0 aliphatic rings. The number of aliphatic imine (C=N–C) groups is 1. The third-order valence-electron chi connectivity index (χ3n) is 3.30. The molecule has 6 heteroatoms. The maximum Gasteiger partial charge on any atom is 0.193 e. The molecule has 0 radical (unpaired) electrons. The van der Waals surface area contributed by atoms with Gasteiger partial charge in [-0.05, 0) is 29.9 Å². The number of nitrogens with zero attached hydrogens (tertiary/aromatic N) is 4. The Morgan fingerprint density at radius 3 is 2.95 bits per heavy atom. The monoisotopic (exact) mass is 305 g/mol. The van der Waals surface area contributed by atoms with Crippen molar-refractivity contribution in [3.8, 4) is 0 Å². The quantitative estimate of drug-likeness (QED) is 0.653. The minimum atomic E-state index is 0.863. The van der Waals surface area contributed by atoms with Gasteiger partial charge in [-0.3, -0.25) is 9.67 Å². The molecule has 2 aromatic rings. The van der Waals surface area contributed by atoms with Gasteiger partial charge in [-0.1, -0.05) is 6.07 Å². The highest BCUT2D eigenvalue weighted by Crippen LogP contribution is 2.09. The van der Waals surface area contributed by atoms with Gasteiger partial charge in [0.25, 0.3) is 0 Å². The van der Waals surface area contributed by atoms with E-state index in [0.29, 0.717) is 0 Å². The molecular weight excluding hydrogens is 282 g/mol. The van der Waals surface area contributed by atoms with Crippen molar-refractivity contribution in [3.63, 3.8) is 0 Å². The average Bonchev–Trinajstić information content (AvgIpc) is 3.12.